The summed E-state index contributed by atoms with van der Waals surface area (Å²) in [6.45, 7) is 2.08. The van der Waals surface area contributed by atoms with E-state index in [1.165, 1.54) is 33.9 Å². The summed E-state index contributed by atoms with van der Waals surface area (Å²) in [5.41, 5.74) is 3.71. The molecular formula is C34H37NO2. The molecule has 1 unspecified atom stereocenters. The van der Waals surface area contributed by atoms with Crippen LogP contribution >= 0.6 is 0 Å². The van der Waals surface area contributed by atoms with Gasteiger partial charge in [-0.25, -0.2) is 0 Å². The first kappa shape index (κ1) is 25.2. The van der Waals surface area contributed by atoms with Crippen LogP contribution in [0.5, 0.6) is 0 Å². The van der Waals surface area contributed by atoms with Crippen LogP contribution in [-0.2, 0) is 16.0 Å². The first-order valence-corrected chi connectivity index (χ1v) is 13.7. The first-order chi connectivity index (χ1) is 18.2. The molecule has 0 aromatic heterocycles. The fraction of sp³-hybridized carbons (Fsp3) is 0.324. The molecule has 0 saturated heterocycles. The Morgan fingerprint density at radius 2 is 1.43 bits per heavy atom. The third-order valence-electron chi connectivity index (χ3n) is 7.62. The summed E-state index contributed by atoms with van der Waals surface area (Å²) in [7, 11) is 0. The Morgan fingerprint density at radius 3 is 2.14 bits per heavy atom. The lowest BCUT2D eigenvalue weighted by molar-refractivity contribution is -0.154. The van der Waals surface area contributed by atoms with Gasteiger partial charge in [-0.15, -0.1) is 0 Å². The lowest BCUT2D eigenvalue weighted by Gasteiger charge is -2.32. The number of carbonyl (C=O) groups is 1. The number of hydrogen-bond donors (Lipinski definition) is 1. The molecule has 1 saturated carbocycles. The highest BCUT2D eigenvalue weighted by Gasteiger charge is 2.29. The molecule has 1 aliphatic rings. The molecule has 0 aliphatic heterocycles. The van der Waals surface area contributed by atoms with Gasteiger partial charge < -0.3 is 10.1 Å². The van der Waals surface area contributed by atoms with Crippen LogP contribution in [0.1, 0.15) is 61.8 Å². The van der Waals surface area contributed by atoms with Crippen molar-refractivity contribution in [2.24, 2.45) is 5.92 Å². The standard InChI is InChI=1S/C34H37NO2/c1-25(35-34(28-13-4-2-5-14-28)29-15-6-3-7-16-29)22-33(36)37-32-19-11-10-18-31(32)24-26-20-21-27-12-8-9-17-30(27)23-26/h2-9,12-17,20-21,23,25,31-32,34-35H,10-11,18-19,22,24H2,1H3/t25?,31-,32+/m0/s1. The second kappa shape index (κ2) is 12.2. The Kier molecular flexibility index (Phi) is 8.32. The number of rotatable bonds is 9. The van der Waals surface area contributed by atoms with Crippen molar-refractivity contribution in [2.45, 2.75) is 63.6 Å². The Hall–Kier alpha value is -3.43. The second-order valence-electron chi connectivity index (χ2n) is 10.5. The molecule has 0 heterocycles. The Balaban J connectivity index is 1.21. The molecule has 0 amide bonds. The molecule has 1 aliphatic carbocycles. The summed E-state index contributed by atoms with van der Waals surface area (Å²) in [6, 6.07) is 36.1. The zero-order chi connectivity index (χ0) is 25.5. The molecule has 1 fully saturated rings. The molecule has 4 aromatic carbocycles. The average Bonchev–Trinajstić information content (AvgIpc) is 2.93. The molecule has 37 heavy (non-hydrogen) atoms. The van der Waals surface area contributed by atoms with Gasteiger partial charge in [0.15, 0.2) is 0 Å². The first-order valence-electron chi connectivity index (χ1n) is 13.7. The topological polar surface area (TPSA) is 38.3 Å². The van der Waals surface area contributed by atoms with Crippen molar-refractivity contribution >= 4 is 16.7 Å². The summed E-state index contributed by atoms with van der Waals surface area (Å²) in [4.78, 5) is 13.1. The summed E-state index contributed by atoms with van der Waals surface area (Å²) in [6.07, 6.45) is 5.73. The fourth-order valence-corrected chi connectivity index (χ4v) is 5.72. The molecule has 1 N–H and O–H groups in total. The molecule has 0 spiro atoms. The predicted molar refractivity (Wildman–Crippen MR) is 151 cm³/mol. The number of nitrogens with one attached hydrogen (secondary N) is 1. The van der Waals surface area contributed by atoms with Gasteiger partial charge in [-0.1, -0.05) is 110 Å². The number of ether oxygens (including phenoxy) is 1. The van der Waals surface area contributed by atoms with Gasteiger partial charge in [0.2, 0.25) is 0 Å². The zero-order valence-corrected chi connectivity index (χ0v) is 21.7. The van der Waals surface area contributed by atoms with E-state index >= 15 is 0 Å². The van der Waals surface area contributed by atoms with Crippen molar-refractivity contribution in [1.29, 1.82) is 0 Å². The Morgan fingerprint density at radius 1 is 0.811 bits per heavy atom. The van der Waals surface area contributed by atoms with E-state index in [1.807, 2.05) is 12.1 Å². The van der Waals surface area contributed by atoms with Crippen LogP contribution in [-0.4, -0.2) is 18.1 Å². The van der Waals surface area contributed by atoms with E-state index in [9.17, 15) is 4.79 Å². The van der Waals surface area contributed by atoms with Gasteiger partial charge >= 0.3 is 5.97 Å². The predicted octanol–water partition coefficient (Wildman–Crippen LogP) is 7.64. The van der Waals surface area contributed by atoms with Crippen molar-refractivity contribution in [3.8, 4) is 0 Å². The maximum atomic E-state index is 13.1. The SMILES string of the molecule is CC(CC(=O)O[C@@H]1CCCC[C@H]1Cc1ccc2ccccc2c1)NC(c1ccccc1)c1ccccc1. The van der Waals surface area contributed by atoms with Gasteiger partial charge in [0.25, 0.3) is 0 Å². The second-order valence-corrected chi connectivity index (χ2v) is 10.5. The van der Waals surface area contributed by atoms with E-state index < -0.39 is 0 Å². The van der Waals surface area contributed by atoms with Crippen LogP contribution in [0.25, 0.3) is 10.8 Å². The lowest BCUT2D eigenvalue weighted by Crippen LogP contribution is -2.36. The molecular weight excluding hydrogens is 454 g/mol. The maximum Gasteiger partial charge on any atom is 0.307 e. The molecule has 3 nitrogen and oxygen atoms in total. The average molecular weight is 492 g/mol. The summed E-state index contributed by atoms with van der Waals surface area (Å²) >= 11 is 0. The van der Waals surface area contributed by atoms with E-state index in [2.05, 4.69) is 103 Å². The van der Waals surface area contributed by atoms with Crippen LogP contribution in [0.3, 0.4) is 0 Å². The largest absolute Gasteiger partial charge is 0.462 e. The highest BCUT2D eigenvalue weighted by molar-refractivity contribution is 5.83. The quantitative estimate of drug-likeness (QED) is 0.245. The molecule has 190 valence electrons. The number of esters is 1. The third-order valence-corrected chi connectivity index (χ3v) is 7.62. The van der Waals surface area contributed by atoms with E-state index in [-0.39, 0.29) is 24.2 Å². The highest BCUT2D eigenvalue weighted by atomic mass is 16.5. The molecule has 3 atom stereocenters. The summed E-state index contributed by atoms with van der Waals surface area (Å²) < 4.78 is 6.15. The lowest BCUT2D eigenvalue weighted by atomic mass is 9.82. The summed E-state index contributed by atoms with van der Waals surface area (Å²) in [5, 5.41) is 6.23. The number of benzene rings is 4. The Labute approximate surface area is 220 Å². The minimum atomic E-state index is -0.102. The van der Waals surface area contributed by atoms with E-state index in [0.717, 1.165) is 25.7 Å². The number of fused-ring (bicyclic) bond motifs is 1. The van der Waals surface area contributed by atoms with Crippen LogP contribution < -0.4 is 5.32 Å². The molecule has 0 radical (unpaired) electrons. The summed E-state index contributed by atoms with van der Waals surface area (Å²) in [5.74, 6) is 0.277. The van der Waals surface area contributed by atoms with Gasteiger partial charge in [0.1, 0.15) is 6.10 Å². The normalized spacial score (nSPS) is 18.5. The minimum Gasteiger partial charge on any atom is -0.462 e. The van der Waals surface area contributed by atoms with Gasteiger partial charge in [-0.3, -0.25) is 4.79 Å². The van der Waals surface area contributed by atoms with Crippen molar-refractivity contribution in [3.63, 3.8) is 0 Å². The van der Waals surface area contributed by atoms with Crippen molar-refractivity contribution in [1.82, 2.24) is 5.32 Å². The van der Waals surface area contributed by atoms with Crippen molar-refractivity contribution < 1.29 is 9.53 Å². The molecule has 4 aromatic rings. The van der Waals surface area contributed by atoms with Crippen LogP contribution in [0.15, 0.2) is 103 Å². The number of carbonyl (C=O) groups excluding carboxylic acids is 1. The maximum absolute atomic E-state index is 13.1. The van der Waals surface area contributed by atoms with Gasteiger partial charge in [0.05, 0.1) is 12.5 Å². The van der Waals surface area contributed by atoms with Crippen LogP contribution in [0.2, 0.25) is 0 Å². The number of hydrogen-bond acceptors (Lipinski definition) is 3. The van der Waals surface area contributed by atoms with Crippen molar-refractivity contribution in [2.75, 3.05) is 0 Å². The fourth-order valence-electron chi connectivity index (χ4n) is 5.72. The smallest absolute Gasteiger partial charge is 0.307 e. The molecule has 3 heteroatoms. The van der Waals surface area contributed by atoms with Gasteiger partial charge in [0, 0.05) is 6.04 Å². The Bertz CT molecular complexity index is 1250. The van der Waals surface area contributed by atoms with E-state index in [4.69, 9.17) is 4.74 Å². The minimum absolute atomic E-state index is 0.000959. The van der Waals surface area contributed by atoms with Gasteiger partial charge in [-0.2, -0.15) is 0 Å². The van der Waals surface area contributed by atoms with E-state index in [1.54, 1.807) is 0 Å². The van der Waals surface area contributed by atoms with Crippen LogP contribution in [0.4, 0.5) is 0 Å². The zero-order valence-electron chi connectivity index (χ0n) is 21.7. The third kappa shape index (κ3) is 6.67. The molecule has 0 bridgehead atoms. The monoisotopic (exact) mass is 491 g/mol. The van der Waals surface area contributed by atoms with E-state index in [0.29, 0.717) is 12.3 Å². The van der Waals surface area contributed by atoms with Crippen molar-refractivity contribution in [3.05, 3.63) is 120 Å². The highest BCUT2D eigenvalue weighted by Crippen LogP contribution is 2.31. The molecule has 5 rings (SSSR count). The van der Waals surface area contributed by atoms with Gasteiger partial charge in [-0.05, 0) is 66.0 Å². The van der Waals surface area contributed by atoms with Crippen LogP contribution in [0, 0.1) is 5.92 Å².